The summed E-state index contributed by atoms with van der Waals surface area (Å²) in [5.41, 5.74) is 2.07. The molecule has 1 aromatic rings. The van der Waals surface area contributed by atoms with Crippen molar-refractivity contribution in [2.75, 3.05) is 25.1 Å². The Morgan fingerprint density at radius 3 is 2.69 bits per heavy atom. The van der Waals surface area contributed by atoms with Crippen LogP contribution in [0.25, 0.3) is 0 Å². The lowest BCUT2D eigenvalue weighted by molar-refractivity contribution is 0.303. The van der Waals surface area contributed by atoms with E-state index in [1.54, 1.807) is 6.20 Å². The molecule has 1 aromatic heterocycles. The molecule has 0 spiro atoms. The SMILES string of the molecule is Cc1cnc(N(C)CCO)nc1C. The summed E-state index contributed by atoms with van der Waals surface area (Å²) in [5, 5.41) is 8.72. The number of hydrogen-bond acceptors (Lipinski definition) is 4. The Morgan fingerprint density at radius 2 is 2.15 bits per heavy atom. The largest absolute Gasteiger partial charge is 0.395 e. The summed E-state index contributed by atoms with van der Waals surface area (Å²) in [7, 11) is 1.86. The Labute approximate surface area is 78.2 Å². The summed E-state index contributed by atoms with van der Waals surface area (Å²) in [6, 6.07) is 0. The number of aromatic nitrogens is 2. The molecule has 0 aliphatic rings. The molecule has 0 fully saturated rings. The predicted molar refractivity (Wildman–Crippen MR) is 51.9 cm³/mol. The smallest absolute Gasteiger partial charge is 0.225 e. The Hall–Kier alpha value is -1.16. The molecular formula is C9H15N3O. The second-order valence-corrected chi connectivity index (χ2v) is 3.08. The van der Waals surface area contributed by atoms with Gasteiger partial charge in [0.05, 0.1) is 6.61 Å². The van der Waals surface area contributed by atoms with Crippen molar-refractivity contribution >= 4 is 5.95 Å². The lowest BCUT2D eigenvalue weighted by Gasteiger charge is -2.15. The van der Waals surface area contributed by atoms with Crippen molar-refractivity contribution in [2.45, 2.75) is 13.8 Å². The molecule has 1 N–H and O–H groups in total. The summed E-state index contributed by atoms with van der Waals surface area (Å²) >= 11 is 0. The lowest BCUT2D eigenvalue weighted by atomic mass is 10.3. The van der Waals surface area contributed by atoms with Gasteiger partial charge >= 0.3 is 0 Å². The number of likely N-dealkylation sites (N-methyl/N-ethyl adjacent to an activating group) is 1. The van der Waals surface area contributed by atoms with Gasteiger partial charge in [0.2, 0.25) is 5.95 Å². The fourth-order valence-electron chi connectivity index (χ4n) is 0.949. The average molecular weight is 181 g/mol. The molecule has 0 saturated carbocycles. The van der Waals surface area contributed by atoms with E-state index in [-0.39, 0.29) is 6.61 Å². The minimum atomic E-state index is 0.118. The van der Waals surface area contributed by atoms with Crippen molar-refractivity contribution in [1.29, 1.82) is 0 Å². The van der Waals surface area contributed by atoms with Crippen LogP contribution in [-0.4, -0.2) is 35.3 Å². The van der Waals surface area contributed by atoms with Crippen molar-refractivity contribution in [2.24, 2.45) is 0 Å². The molecule has 0 aliphatic heterocycles. The molecule has 13 heavy (non-hydrogen) atoms. The maximum absolute atomic E-state index is 8.72. The standard InChI is InChI=1S/C9H15N3O/c1-7-6-10-9(11-8(7)2)12(3)4-5-13/h6,13H,4-5H2,1-3H3. The molecule has 0 radical (unpaired) electrons. The molecule has 72 valence electrons. The molecule has 0 aromatic carbocycles. The minimum Gasteiger partial charge on any atom is -0.395 e. The molecule has 0 bridgehead atoms. The molecule has 1 rings (SSSR count). The zero-order valence-corrected chi connectivity index (χ0v) is 8.28. The van der Waals surface area contributed by atoms with Gasteiger partial charge in [-0.2, -0.15) is 0 Å². The van der Waals surface area contributed by atoms with Gasteiger partial charge in [-0.25, -0.2) is 9.97 Å². The zero-order valence-electron chi connectivity index (χ0n) is 8.28. The molecule has 0 atom stereocenters. The van der Waals surface area contributed by atoms with Crippen molar-refractivity contribution in [3.63, 3.8) is 0 Å². The highest BCUT2D eigenvalue weighted by Crippen LogP contribution is 2.07. The van der Waals surface area contributed by atoms with E-state index in [0.29, 0.717) is 12.5 Å². The fraction of sp³-hybridized carbons (Fsp3) is 0.556. The molecule has 0 aliphatic carbocycles. The van der Waals surface area contributed by atoms with Crippen LogP contribution in [0.1, 0.15) is 11.3 Å². The highest BCUT2D eigenvalue weighted by molar-refractivity contribution is 5.31. The van der Waals surface area contributed by atoms with Crippen LogP contribution in [0.15, 0.2) is 6.20 Å². The number of anilines is 1. The van der Waals surface area contributed by atoms with Crippen LogP contribution in [0.3, 0.4) is 0 Å². The van der Waals surface area contributed by atoms with Crippen LogP contribution >= 0.6 is 0 Å². The van der Waals surface area contributed by atoms with Gasteiger partial charge in [0, 0.05) is 25.5 Å². The van der Waals surface area contributed by atoms with Crippen molar-refractivity contribution < 1.29 is 5.11 Å². The van der Waals surface area contributed by atoms with Gasteiger partial charge in [0.25, 0.3) is 0 Å². The lowest BCUT2D eigenvalue weighted by Crippen LogP contribution is -2.23. The van der Waals surface area contributed by atoms with E-state index < -0.39 is 0 Å². The summed E-state index contributed by atoms with van der Waals surface area (Å²) in [6.45, 7) is 4.60. The quantitative estimate of drug-likeness (QED) is 0.738. The first-order valence-electron chi connectivity index (χ1n) is 4.27. The van der Waals surface area contributed by atoms with Crippen LogP contribution in [0.5, 0.6) is 0 Å². The summed E-state index contributed by atoms with van der Waals surface area (Å²) in [5.74, 6) is 0.664. The van der Waals surface area contributed by atoms with Gasteiger partial charge in [-0.3, -0.25) is 0 Å². The van der Waals surface area contributed by atoms with Gasteiger partial charge in [-0.15, -0.1) is 0 Å². The fourth-order valence-corrected chi connectivity index (χ4v) is 0.949. The first kappa shape index (κ1) is 9.92. The van der Waals surface area contributed by atoms with E-state index in [1.165, 1.54) is 0 Å². The number of aryl methyl sites for hydroxylation is 2. The molecule has 0 unspecified atom stereocenters. The third-order valence-corrected chi connectivity index (χ3v) is 1.99. The molecule has 0 saturated heterocycles. The Balaban J connectivity index is 2.84. The highest BCUT2D eigenvalue weighted by Gasteiger charge is 2.04. The summed E-state index contributed by atoms with van der Waals surface area (Å²) in [6.07, 6.45) is 1.80. The van der Waals surface area contributed by atoms with E-state index in [0.717, 1.165) is 11.3 Å². The molecule has 1 heterocycles. The number of aliphatic hydroxyl groups is 1. The summed E-state index contributed by atoms with van der Waals surface area (Å²) < 4.78 is 0. The second-order valence-electron chi connectivity index (χ2n) is 3.08. The molecule has 4 heteroatoms. The van der Waals surface area contributed by atoms with E-state index in [1.807, 2.05) is 25.8 Å². The topological polar surface area (TPSA) is 49.2 Å². The zero-order chi connectivity index (χ0) is 9.84. The number of rotatable bonds is 3. The van der Waals surface area contributed by atoms with E-state index in [9.17, 15) is 0 Å². The predicted octanol–water partition coefficient (Wildman–Crippen LogP) is 0.522. The first-order valence-corrected chi connectivity index (χ1v) is 4.27. The van der Waals surface area contributed by atoms with E-state index in [4.69, 9.17) is 5.11 Å². The van der Waals surface area contributed by atoms with Crippen LogP contribution in [0.2, 0.25) is 0 Å². The van der Waals surface area contributed by atoms with Gasteiger partial charge in [-0.1, -0.05) is 0 Å². The van der Waals surface area contributed by atoms with Gasteiger partial charge in [0.1, 0.15) is 0 Å². The first-order chi connectivity index (χ1) is 6.15. The van der Waals surface area contributed by atoms with Crippen LogP contribution in [-0.2, 0) is 0 Å². The summed E-state index contributed by atoms with van der Waals surface area (Å²) in [4.78, 5) is 10.3. The third kappa shape index (κ3) is 2.39. The maximum atomic E-state index is 8.72. The van der Waals surface area contributed by atoms with E-state index >= 15 is 0 Å². The van der Waals surface area contributed by atoms with Gasteiger partial charge in [-0.05, 0) is 19.4 Å². The van der Waals surface area contributed by atoms with Crippen molar-refractivity contribution in [3.8, 4) is 0 Å². The number of nitrogens with zero attached hydrogens (tertiary/aromatic N) is 3. The van der Waals surface area contributed by atoms with Gasteiger partial charge < -0.3 is 10.0 Å². The number of aliphatic hydroxyl groups excluding tert-OH is 1. The molecular weight excluding hydrogens is 166 g/mol. The van der Waals surface area contributed by atoms with Crippen LogP contribution in [0.4, 0.5) is 5.95 Å². The normalized spacial score (nSPS) is 10.2. The molecule has 0 amide bonds. The van der Waals surface area contributed by atoms with Crippen molar-refractivity contribution in [1.82, 2.24) is 9.97 Å². The van der Waals surface area contributed by atoms with Crippen LogP contribution in [0, 0.1) is 13.8 Å². The van der Waals surface area contributed by atoms with E-state index in [2.05, 4.69) is 9.97 Å². The highest BCUT2D eigenvalue weighted by atomic mass is 16.3. The maximum Gasteiger partial charge on any atom is 0.225 e. The monoisotopic (exact) mass is 181 g/mol. The Morgan fingerprint density at radius 1 is 1.46 bits per heavy atom. The van der Waals surface area contributed by atoms with Gasteiger partial charge in [0.15, 0.2) is 0 Å². The van der Waals surface area contributed by atoms with Crippen LogP contribution < -0.4 is 4.90 Å². The number of hydrogen-bond donors (Lipinski definition) is 1. The second kappa shape index (κ2) is 4.18. The Kier molecular flexibility index (Phi) is 3.19. The Bertz CT molecular complexity index is 288. The molecule has 4 nitrogen and oxygen atoms in total. The average Bonchev–Trinajstić information content (AvgIpc) is 2.10. The third-order valence-electron chi connectivity index (χ3n) is 1.99. The minimum absolute atomic E-state index is 0.118. The van der Waals surface area contributed by atoms with Crippen molar-refractivity contribution in [3.05, 3.63) is 17.5 Å².